The average Bonchev–Trinajstić information content (AvgIpc) is 2.26. The third-order valence-corrected chi connectivity index (χ3v) is 1.64. The van der Waals surface area contributed by atoms with Crippen LogP contribution in [0.25, 0.3) is 0 Å². The first-order chi connectivity index (χ1) is 6.77. The predicted octanol–water partition coefficient (Wildman–Crippen LogP) is 0.752. The van der Waals surface area contributed by atoms with E-state index >= 15 is 0 Å². The average molecular weight is 188 g/mol. The third kappa shape index (κ3) is 2.42. The first-order valence-electron chi connectivity index (χ1n) is 3.98. The van der Waals surface area contributed by atoms with Gasteiger partial charge >= 0.3 is 0 Å². The van der Waals surface area contributed by atoms with Gasteiger partial charge in [0.2, 0.25) is 0 Å². The number of rotatable bonds is 3. The summed E-state index contributed by atoms with van der Waals surface area (Å²) in [5.41, 5.74) is 0.952. The molecular weight excluding hydrogens is 180 g/mol. The number of aldehydes is 1. The molecule has 1 amide bonds. The number of benzene rings is 1. The molecule has 0 fully saturated rings. The van der Waals surface area contributed by atoms with Crippen molar-refractivity contribution in [2.24, 2.45) is 0 Å². The van der Waals surface area contributed by atoms with E-state index in [9.17, 15) is 9.59 Å². The number of nitriles is 1. The molecule has 0 bridgehead atoms. The van der Waals surface area contributed by atoms with E-state index in [-0.39, 0.29) is 12.5 Å². The Morgan fingerprint density at radius 3 is 2.57 bits per heavy atom. The van der Waals surface area contributed by atoms with Crippen LogP contribution in [0.5, 0.6) is 0 Å². The van der Waals surface area contributed by atoms with Gasteiger partial charge in [-0.15, -0.1) is 0 Å². The Hall–Kier alpha value is -2.15. The van der Waals surface area contributed by atoms with E-state index in [1.165, 1.54) is 12.1 Å². The van der Waals surface area contributed by atoms with E-state index in [1.54, 1.807) is 18.2 Å². The van der Waals surface area contributed by atoms with E-state index in [0.717, 1.165) is 0 Å². The van der Waals surface area contributed by atoms with Crippen LogP contribution in [0.1, 0.15) is 20.7 Å². The summed E-state index contributed by atoms with van der Waals surface area (Å²) in [7, 11) is 0. The first kappa shape index (κ1) is 9.93. The number of hydrogen-bond acceptors (Lipinski definition) is 3. The molecule has 0 unspecified atom stereocenters. The fourth-order valence-corrected chi connectivity index (χ4v) is 0.935. The van der Waals surface area contributed by atoms with Gasteiger partial charge in [0, 0.05) is 11.1 Å². The van der Waals surface area contributed by atoms with Crippen LogP contribution in [0.15, 0.2) is 24.3 Å². The standard InChI is InChI=1S/C10H8N2O2/c11-5-6-12-10(14)9-3-1-8(7-13)2-4-9/h1-4,7H,6H2,(H,12,14). The van der Waals surface area contributed by atoms with Gasteiger partial charge in [0.1, 0.15) is 12.8 Å². The SMILES string of the molecule is N#CCNC(=O)c1ccc(C=O)cc1. The molecule has 0 aliphatic heterocycles. The van der Waals surface area contributed by atoms with E-state index in [4.69, 9.17) is 5.26 Å². The lowest BCUT2D eigenvalue weighted by Crippen LogP contribution is -2.23. The number of nitrogens with zero attached hydrogens (tertiary/aromatic N) is 1. The first-order valence-corrected chi connectivity index (χ1v) is 3.98. The van der Waals surface area contributed by atoms with Crippen LogP contribution in [0.4, 0.5) is 0 Å². The molecule has 1 N–H and O–H groups in total. The highest BCUT2D eigenvalue weighted by Gasteiger charge is 2.03. The zero-order valence-electron chi connectivity index (χ0n) is 7.36. The molecule has 4 nitrogen and oxygen atoms in total. The number of hydrogen-bond donors (Lipinski definition) is 1. The van der Waals surface area contributed by atoms with Crippen molar-refractivity contribution in [2.75, 3.05) is 6.54 Å². The summed E-state index contributed by atoms with van der Waals surface area (Å²) in [6.07, 6.45) is 0.705. The molecule has 0 spiro atoms. The molecule has 1 aromatic carbocycles. The zero-order valence-corrected chi connectivity index (χ0v) is 7.36. The number of amides is 1. The van der Waals surface area contributed by atoms with Crippen molar-refractivity contribution in [3.63, 3.8) is 0 Å². The van der Waals surface area contributed by atoms with Crippen LogP contribution in [0.2, 0.25) is 0 Å². The molecule has 0 saturated heterocycles. The van der Waals surface area contributed by atoms with Crippen LogP contribution < -0.4 is 5.32 Å². The Kier molecular flexibility index (Phi) is 3.39. The summed E-state index contributed by atoms with van der Waals surface area (Å²) in [5.74, 6) is -0.316. The van der Waals surface area contributed by atoms with Crippen molar-refractivity contribution < 1.29 is 9.59 Å². The summed E-state index contributed by atoms with van der Waals surface area (Å²) in [6.45, 7) is -0.0196. The van der Waals surface area contributed by atoms with Gasteiger partial charge in [-0.25, -0.2) is 0 Å². The summed E-state index contributed by atoms with van der Waals surface area (Å²) in [6, 6.07) is 7.98. The highest BCUT2D eigenvalue weighted by atomic mass is 16.1. The minimum Gasteiger partial charge on any atom is -0.339 e. The highest BCUT2D eigenvalue weighted by Crippen LogP contribution is 2.01. The van der Waals surface area contributed by atoms with Crippen molar-refractivity contribution in [2.45, 2.75) is 0 Å². The van der Waals surface area contributed by atoms with Gasteiger partial charge in [0.25, 0.3) is 5.91 Å². The van der Waals surface area contributed by atoms with E-state index in [2.05, 4.69) is 5.32 Å². The van der Waals surface area contributed by atoms with Gasteiger partial charge in [0.15, 0.2) is 0 Å². The second kappa shape index (κ2) is 4.77. The second-order valence-corrected chi connectivity index (χ2v) is 2.58. The van der Waals surface area contributed by atoms with Crippen LogP contribution in [-0.4, -0.2) is 18.7 Å². The summed E-state index contributed by atoms with van der Waals surface area (Å²) >= 11 is 0. The Morgan fingerprint density at radius 2 is 2.07 bits per heavy atom. The van der Waals surface area contributed by atoms with Gasteiger partial charge < -0.3 is 5.32 Å². The lowest BCUT2D eigenvalue weighted by molar-refractivity contribution is 0.0958. The van der Waals surface area contributed by atoms with Gasteiger partial charge in [0.05, 0.1) is 6.07 Å². The number of nitrogens with one attached hydrogen (secondary N) is 1. The second-order valence-electron chi connectivity index (χ2n) is 2.58. The van der Waals surface area contributed by atoms with E-state index in [1.807, 2.05) is 0 Å². The Bertz CT molecular complexity index is 376. The molecule has 0 aliphatic carbocycles. The molecule has 70 valence electrons. The van der Waals surface area contributed by atoms with Crippen molar-refractivity contribution >= 4 is 12.2 Å². The maximum Gasteiger partial charge on any atom is 0.252 e. The normalized spacial score (nSPS) is 8.79. The lowest BCUT2D eigenvalue weighted by atomic mass is 10.1. The molecule has 0 aromatic heterocycles. The summed E-state index contributed by atoms with van der Waals surface area (Å²) in [5, 5.41) is 10.6. The van der Waals surface area contributed by atoms with Crippen LogP contribution in [0.3, 0.4) is 0 Å². The third-order valence-electron chi connectivity index (χ3n) is 1.64. The largest absolute Gasteiger partial charge is 0.339 e. The Morgan fingerprint density at radius 1 is 1.43 bits per heavy atom. The molecule has 14 heavy (non-hydrogen) atoms. The quantitative estimate of drug-likeness (QED) is 0.562. The molecule has 0 radical (unpaired) electrons. The van der Waals surface area contributed by atoms with Crippen molar-refractivity contribution in [3.05, 3.63) is 35.4 Å². The van der Waals surface area contributed by atoms with Gasteiger partial charge in [-0.3, -0.25) is 9.59 Å². The molecule has 4 heteroatoms. The fraction of sp³-hybridized carbons (Fsp3) is 0.100. The van der Waals surface area contributed by atoms with Crippen molar-refractivity contribution in [1.29, 1.82) is 5.26 Å². The molecular formula is C10H8N2O2. The zero-order chi connectivity index (χ0) is 10.4. The fourth-order valence-electron chi connectivity index (χ4n) is 0.935. The molecule has 1 aromatic rings. The number of carbonyl (C=O) groups is 2. The van der Waals surface area contributed by atoms with Crippen molar-refractivity contribution in [3.8, 4) is 6.07 Å². The van der Waals surface area contributed by atoms with Crippen LogP contribution in [-0.2, 0) is 0 Å². The number of carbonyl (C=O) groups excluding carboxylic acids is 2. The Balaban J connectivity index is 2.72. The summed E-state index contributed by atoms with van der Waals surface area (Å²) in [4.78, 5) is 21.6. The molecule has 0 heterocycles. The topological polar surface area (TPSA) is 70.0 Å². The van der Waals surface area contributed by atoms with Gasteiger partial charge in [-0.05, 0) is 12.1 Å². The monoisotopic (exact) mass is 188 g/mol. The van der Waals surface area contributed by atoms with E-state index in [0.29, 0.717) is 17.4 Å². The van der Waals surface area contributed by atoms with Crippen LogP contribution >= 0.6 is 0 Å². The van der Waals surface area contributed by atoms with E-state index < -0.39 is 0 Å². The molecule has 1 rings (SSSR count). The maximum atomic E-state index is 11.3. The van der Waals surface area contributed by atoms with Crippen molar-refractivity contribution in [1.82, 2.24) is 5.32 Å². The van der Waals surface area contributed by atoms with Gasteiger partial charge in [-0.1, -0.05) is 12.1 Å². The maximum absolute atomic E-state index is 11.3. The Labute approximate surface area is 81.2 Å². The molecule has 0 aliphatic rings. The minimum atomic E-state index is -0.316. The minimum absolute atomic E-state index is 0.0196. The highest BCUT2D eigenvalue weighted by molar-refractivity contribution is 5.94. The summed E-state index contributed by atoms with van der Waals surface area (Å²) < 4.78 is 0. The molecule has 0 saturated carbocycles. The van der Waals surface area contributed by atoms with Gasteiger partial charge in [-0.2, -0.15) is 5.26 Å². The molecule has 0 atom stereocenters. The smallest absolute Gasteiger partial charge is 0.252 e. The van der Waals surface area contributed by atoms with Crippen LogP contribution in [0, 0.1) is 11.3 Å². The predicted molar refractivity (Wildman–Crippen MR) is 49.8 cm³/mol. The lowest BCUT2D eigenvalue weighted by Gasteiger charge is -2.00.